The first-order valence-corrected chi connectivity index (χ1v) is 8.01. The van der Waals surface area contributed by atoms with Crippen LogP contribution in [0.5, 0.6) is 17.2 Å². The molecule has 0 bridgehead atoms. The van der Waals surface area contributed by atoms with Crippen LogP contribution >= 0.6 is 0 Å². The van der Waals surface area contributed by atoms with Crippen molar-refractivity contribution in [3.05, 3.63) is 83.3 Å². The van der Waals surface area contributed by atoms with Crippen LogP contribution < -0.4 is 4.74 Å². The number of rotatable bonds is 6. The highest BCUT2D eigenvalue weighted by Gasteiger charge is 2.09. The lowest BCUT2D eigenvalue weighted by atomic mass is 10.1. The van der Waals surface area contributed by atoms with Gasteiger partial charge in [-0.05, 0) is 60.7 Å². The maximum Gasteiger partial charge on any atom is 0.189 e. The second-order valence-electron chi connectivity index (χ2n) is 5.63. The number of phenols is 2. The molecular weight excluding hydrogens is 346 g/mol. The lowest BCUT2D eigenvalue weighted by Crippen LogP contribution is -1.94. The normalized spacial score (nSPS) is 10.6. The highest BCUT2D eigenvalue weighted by Crippen LogP contribution is 2.23. The molecule has 27 heavy (non-hydrogen) atoms. The highest BCUT2D eigenvalue weighted by molar-refractivity contribution is 6.08. The summed E-state index contributed by atoms with van der Waals surface area (Å²) in [7, 11) is 0. The Labute approximate surface area is 155 Å². The number of nitriles is 1. The van der Waals surface area contributed by atoms with Crippen molar-refractivity contribution in [2.24, 2.45) is 0 Å². The van der Waals surface area contributed by atoms with Crippen molar-refractivity contribution in [3.8, 4) is 23.3 Å². The molecule has 3 rings (SSSR count). The van der Waals surface area contributed by atoms with Gasteiger partial charge in [0.25, 0.3) is 0 Å². The lowest BCUT2D eigenvalue weighted by molar-refractivity contribution is 0.104. The van der Waals surface area contributed by atoms with Gasteiger partial charge in [0.05, 0.1) is 17.2 Å². The third-order valence-corrected chi connectivity index (χ3v) is 3.69. The highest BCUT2D eigenvalue weighted by atomic mass is 16.5. The SMILES string of the molecule is N#Cc1ccc(OCc2ccc(/C=C/C(=O)c3ccc(O)cc3O)o2)cc1. The lowest BCUT2D eigenvalue weighted by Gasteiger charge is -2.03. The molecule has 0 amide bonds. The van der Waals surface area contributed by atoms with Crippen LogP contribution in [-0.4, -0.2) is 16.0 Å². The number of ether oxygens (including phenoxy) is 1. The zero-order valence-corrected chi connectivity index (χ0v) is 14.1. The number of hydrogen-bond donors (Lipinski definition) is 2. The van der Waals surface area contributed by atoms with E-state index in [9.17, 15) is 15.0 Å². The topological polar surface area (TPSA) is 104 Å². The van der Waals surface area contributed by atoms with Crippen molar-refractivity contribution in [1.82, 2.24) is 0 Å². The largest absolute Gasteiger partial charge is 0.508 e. The number of carbonyl (C=O) groups excluding carboxylic acids is 1. The predicted octanol–water partition coefficient (Wildman–Crippen LogP) is 4.04. The number of nitrogens with zero attached hydrogens (tertiary/aromatic N) is 1. The van der Waals surface area contributed by atoms with Crippen molar-refractivity contribution in [1.29, 1.82) is 5.26 Å². The van der Waals surface area contributed by atoms with E-state index in [0.29, 0.717) is 22.8 Å². The number of phenolic OH excluding ortho intramolecular Hbond substituents is 2. The van der Waals surface area contributed by atoms with Gasteiger partial charge < -0.3 is 19.4 Å². The van der Waals surface area contributed by atoms with E-state index in [0.717, 1.165) is 6.07 Å². The summed E-state index contributed by atoms with van der Waals surface area (Å²) in [6, 6.07) is 16.0. The zero-order valence-electron chi connectivity index (χ0n) is 14.1. The molecule has 1 aromatic heterocycles. The van der Waals surface area contributed by atoms with E-state index >= 15 is 0 Å². The van der Waals surface area contributed by atoms with Gasteiger partial charge in [-0.1, -0.05) is 0 Å². The Morgan fingerprint density at radius 3 is 2.59 bits per heavy atom. The number of furan rings is 1. The molecule has 1 heterocycles. The molecule has 0 unspecified atom stereocenters. The number of benzene rings is 2. The molecule has 2 N–H and O–H groups in total. The fourth-order valence-electron chi connectivity index (χ4n) is 2.32. The van der Waals surface area contributed by atoms with Crippen molar-refractivity contribution in [2.75, 3.05) is 0 Å². The zero-order chi connectivity index (χ0) is 19.2. The van der Waals surface area contributed by atoms with Gasteiger partial charge in [0.15, 0.2) is 5.78 Å². The molecule has 2 aromatic carbocycles. The molecule has 0 spiro atoms. The molecule has 6 heteroatoms. The van der Waals surface area contributed by atoms with Crippen molar-refractivity contribution in [2.45, 2.75) is 6.61 Å². The molecule has 0 aliphatic heterocycles. The smallest absolute Gasteiger partial charge is 0.189 e. The van der Waals surface area contributed by atoms with E-state index in [2.05, 4.69) is 0 Å². The molecule has 0 aliphatic carbocycles. The number of carbonyl (C=O) groups is 1. The van der Waals surface area contributed by atoms with Crippen LogP contribution in [0.2, 0.25) is 0 Å². The van der Waals surface area contributed by atoms with E-state index in [4.69, 9.17) is 14.4 Å². The molecular formula is C21H15NO5. The summed E-state index contributed by atoms with van der Waals surface area (Å²) in [4.78, 5) is 12.1. The number of hydrogen-bond acceptors (Lipinski definition) is 6. The summed E-state index contributed by atoms with van der Waals surface area (Å²) in [5, 5.41) is 27.7. The van der Waals surface area contributed by atoms with E-state index in [1.807, 2.05) is 6.07 Å². The van der Waals surface area contributed by atoms with Gasteiger partial charge in [0, 0.05) is 6.07 Å². The molecule has 3 aromatic rings. The van der Waals surface area contributed by atoms with Crippen LogP contribution in [0.4, 0.5) is 0 Å². The minimum Gasteiger partial charge on any atom is -0.508 e. The Bertz CT molecular complexity index is 1030. The Morgan fingerprint density at radius 1 is 1.11 bits per heavy atom. The molecule has 0 atom stereocenters. The van der Waals surface area contributed by atoms with Gasteiger partial charge in [-0.3, -0.25) is 4.79 Å². The monoisotopic (exact) mass is 361 g/mol. The quantitative estimate of drug-likeness (QED) is 0.507. The molecule has 0 saturated carbocycles. The summed E-state index contributed by atoms with van der Waals surface area (Å²) >= 11 is 0. The van der Waals surface area contributed by atoms with Crippen LogP contribution in [-0.2, 0) is 6.61 Å². The second kappa shape index (κ2) is 7.93. The Morgan fingerprint density at radius 2 is 1.89 bits per heavy atom. The Kier molecular flexibility index (Phi) is 5.24. The van der Waals surface area contributed by atoms with E-state index < -0.39 is 5.78 Å². The summed E-state index contributed by atoms with van der Waals surface area (Å²) < 4.78 is 11.1. The number of ketones is 1. The molecule has 134 valence electrons. The van der Waals surface area contributed by atoms with E-state index in [1.165, 1.54) is 24.3 Å². The number of allylic oxidation sites excluding steroid dienone is 1. The maximum atomic E-state index is 12.1. The second-order valence-corrected chi connectivity index (χ2v) is 5.63. The summed E-state index contributed by atoms with van der Waals surface area (Å²) in [5.74, 6) is 0.810. The van der Waals surface area contributed by atoms with Gasteiger partial charge in [-0.2, -0.15) is 5.26 Å². The van der Waals surface area contributed by atoms with Gasteiger partial charge in [0.2, 0.25) is 0 Å². The number of aromatic hydroxyl groups is 2. The van der Waals surface area contributed by atoms with Gasteiger partial charge in [-0.25, -0.2) is 0 Å². The Balaban J connectivity index is 1.60. The predicted molar refractivity (Wildman–Crippen MR) is 97.3 cm³/mol. The van der Waals surface area contributed by atoms with Gasteiger partial charge >= 0.3 is 0 Å². The van der Waals surface area contributed by atoms with Crippen LogP contribution in [0.15, 0.2) is 65.1 Å². The van der Waals surface area contributed by atoms with Gasteiger partial charge in [-0.15, -0.1) is 0 Å². The third-order valence-electron chi connectivity index (χ3n) is 3.69. The van der Waals surface area contributed by atoms with Crippen molar-refractivity contribution in [3.63, 3.8) is 0 Å². The molecule has 0 saturated heterocycles. The summed E-state index contributed by atoms with van der Waals surface area (Å²) in [5.41, 5.74) is 0.636. The minimum atomic E-state index is -0.417. The average Bonchev–Trinajstić information content (AvgIpc) is 3.13. The standard InChI is InChI=1S/C21H15NO5/c22-12-14-1-4-16(5-2-14)26-13-18-7-6-17(27-18)8-10-20(24)19-9-3-15(23)11-21(19)25/h1-11,23,25H,13H2/b10-8+. The maximum absolute atomic E-state index is 12.1. The first kappa shape index (κ1) is 17.8. The molecule has 0 aliphatic rings. The Hall–Kier alpha value is -3.98. The first-order valence-electron chi connectivity index (χ1n) is 8.01. The minimum absolute atomic E-state index is 0.0833. The fraction of sp³-hybridized carbons (Fsp3) is 0.0476. The summed E-state index contributed by atoms with van der Waals surface area (Å²) in [6.45, 7) is 0.201. The van der Waals surface area contributed by atoms with Crippen LogP contribution in [0.3, 0.4) is 0 Å². The molecule has 0 radical (unpaired) electrons. The molecule has 0 fully saturated rings. The van der Waals surface area contributed by atoms with Crippen LogP contribution in [0, 0.1) is 11.3 Å². The van der Waals surface area contributed by atoms with Crippen LogP contribution in [0.1, 0.15) is 27.4 Å². The van der Waals surface area contributed by atoms with E-state index in [1.54, 1.807) is 36.4 Å². The van der Waals surface area contributed by atoms with E-state index in [-0.39, 0.29) is 23.7 Å². The fourth-order valence-corrected chi connectivity index (χ4v) is 2.32. The first-order chi connectivity index (χ1) is 13.0. The van der Waals surface area contributed by atoms with Crippen LogP contribution in [0.25, 0.3) is 6.08 Å². The van der Waals surface area contributed by atoms with Crippen molar-refractivity contribution < 1.29 is 24.2 Å². The molecule has 6 nitrogen and oxygen atoms in total. The van der Waals surface area contributed by atoms with Crippen molar-refractivity contribution >= 4 is 11.9 Å². The van der Waals surface area contributed by atoms with Gasteiger partial charge in [0.1, 0.15) is 35.4 Å². The average molecular weight is 361 g/mol. The summed E-state index contributed by atoms with van der Waals surface area (Å²) in [6.07, 6.45) is 2.76. The third kappa shape index (κ3) is 4.55.